The van der Waals surface area contributed by atoms with Crippen LogP contribution in [0, 0.1) is 5.82 Å². The van der Waals surface area contributed by atoms with Gasteiger partial charge in [-0.15, -0.1) is 10.2 Å². The lowest BCUT2D eigenvalue weighted by Crippen LogP contribution is -2.40. The van der Waals surface area contributed by atoms with E-state index in [1.54, 1.807) is 12.4 Å². The van der Waals surface area contributed by atoms with Crippen molar-refractivity contribution in [2.75, 3.05) is 27.2 Å². The molecule has 1 heterocycles. The molecule has 8 heteroatoms. The van der Waals surface area contributed by atoms with Crippen molar-refractivity contribution in [1.82, 2.24) is 25.0 Å². The number of aryl methyl sites for hydroxylation is 1. The van der Waals surface area contributed by atoms with Crippen LogP contribution in [0.5, 0.6) is 5.75 Å². The number of nitrogens with zero attached hydrogens (tertiary/aromatic N) is 5. The zero-order chi connectivity index (χ0) is 22.8. The molecule has 2 aromatic carbocycles. The molecule has 32 heavy (non-hydrogen) atoms. The lowest BCUT2D eigenvalue weighted by Gasteiger charge is -2.23. The first-order chi connectivity index (χ1) is 15.6. The third kappa shape index (κ3) is 6.54. The van der Waals surface area contributed by atoms with Crippen molar-refractivity contribution in [2.45, 2.75) is 32.9 Å². The summed E-state index contributed by atoms with van der Waals surface area (Å²) in [5.41, 5.74) is 2.09. The van der Waals surface area contributed by atoms with E-state index in [0.29, 0.717) is 19.6 Å². The number of ether oxygens (including phenoxy) is 1. The minimum Gasteiger partial charge on any atom is -0.494 e. The molecule has 0 saturated carbocycles. The number of methoxy groups -OCH3 is 1. The molecule has 1 aromatic heterocycles. The predicted molar refractivity (Wildman–Crippen MR) is 124 cm³/mol. The summed E-state index contributed by atoms with van der Waals surface area (Å²) in [4.78, 5) is 6.80. The Hall–Kier alpha value is -3.42. The minimum atomic E-state index is -0.367. The van der Waals surface area contributed by atoms with Crippen molar-refractivity contribution in [2.24, 2.45) is 4.99 Å². The molecule has 0 unspecified atom stereocenters. The van der Waals surface area contributed by atoms with Gasteiger partial charge in [0.1, 0.15) is 12.2 Å². The summed E-state index contributed by atoms with van der Waals surface area (Å²) in [5.74, 6) is 1.60. The van der Waals surface area contributed by atoms with Crippen LogP contribution in [-0.4, -0.2) is 52.9 Å². The Morgan fingerprint density at radius 3 is 2.72 bits per heavy atom. The van der Waals surface area contributed by atoms with Gasteiger partial charge in [-0.05, 0) is 29.7 Å². The van der Waals surface area contributed by atoms with Gasteiger partial charge >= 0.3 is 0 Å². The molecule has 0 radical (unpaired) electrons. The van der Waals surface area contributed by atoms with Gasteiger partial charge in [0, 0.05) is 39.6 Å². The molecule has 170 valence electrons. The van der Waals surface area contributed by atoms with Crippen molar-refractivity contribution in [3.63, 3.8) is 0 Å². The van der Waals surface area contributed by atoms with Gasteiger partial charge in [-0.2, -0.15) is 0 Å². The standard InChI is InChI=1S/C24H31FN6O/c1-4-23-29-28-18-31(23)15-14-27-24(26-13-12-19-8-6-5-7-9-19)30(2)17-20-10-11-22(32-3)21(25)16-20/h5-11,16,18H,4,12-15,17H2,1-3H3,(H,26,27). The molecular weight excluding hydrogens is 407 g/mol. The third-order valence-corrected chi connectivity index (χ3v) is 5.15. The average molecular weight is 439 g/mol. The zero-order valence-electron chi connectivity index (χ0n) is 19.0. The summed E-state index contributed by atoms with van der Waals surface area (Å²) in [6, 6.07) is 15.3. The van der Waals surface area contributed by atoms with Crippen molar-refractivity contribution >= 4 is 5.96 Å². The van der Waals surface area contributed by atoms with E-state index in [1.807, 2.05) is 40.8 Å². The van der Waals surface area contributed by atoms with Crippen LogP contribution in [-0.2, 0) is 25.9 Å². The van der Waals surface area contributed by atoms with Gasteiger partial charge in [0.25, 0.3) is 0 Å². The van der Waals surface area contributed by atoms with E-state index in [2.05, 4.69) is 34.6 Å². The number of hydrogen-bond acceptors (Lipinski definition) is 4. The molecule has 0 aliphatic rings. The molecule has 0 saturated heterocycles. The van der Waals surface area contributed by atoms with E-state index < -0.39 is 0 Å². The average Bonchev–Trinajstić information content (AvgIpc) is 3.26. The normalized spacial score (nSPS) is 11.4. The zero-order valence-corrected chi connectivity index (χ0v) is 19.0. The number of rotatable bonds is 10. The molecule has 0 bridgehead atoms. The minimum absolute atomic E-state index is 0.243. The van der Waals surface area contributed by atoms with Crippen LogP contribution >= 0.6 is 0 Å². The van der Waals surface area contributed by atoms with Crippen LogP contribution in [0.15, 0.2) is 59.9 Å². The van der Waals surface area contributed by atoms with E-state index in [1.165, 1.54) is 18.7 Å². The van der Waals surface area contributed by atoms with E-state index in [9.17, 15) is 4.39 Å². The molecule has 0 amide bonds. The number of aromatic nitrogens is 3. The number of guanidine groups is 1. The molecule has 1 N–H and O–H groups in total. The second-order valence-corrected chi connectivity index (χ2v) is 7.49. The summed E-state index contributed by atoms with van der Waals surface area (Å²) >= 11 is 0. The second kappa shape index (κ2) is 11.8. The van der Waals surface area contributed by atoms with Crippen LogP contribution in [0.3, 0.4) is 0 Å². The predicted octanol–water partition coefficient (Wildman–Crippen LogP) is 3.31. The van der Waals surface area contributed by atoms with E-state index in [-0.39, 0.29) is 11.6 Å². The Morgan fingerprint density at radius 2 is 2.00 bits per heavy atom. The maximum Gasteiger partial charge on any atom is 0.194 e. The van der Waals surface area contributed by atoms with Gasteiger partial charge in [0.2, 0.25) is 0 Å². The summed E-state index contributed by atoms with van der Waals surface area (Å²) < 4.78 is 21.2. The molecule has 3 aromatic rings. The molecule has 3 rings (SSSR count). The summed E-state index contributed by atoms with van der Waals surface area (Å²) in [6.45, 7) is 4.65. The lowest BCUT2D eigenvalue weighted by atomic mass is 10.2. The number of aliphatic imine (C=N–C) groups is 1. The number of hydrogen-bond donors (Lipinski definition) is 1. The first-order valence-electron chi connectivity index (χ1n) is 10.8. The lowest BCUT2D eigenvalue weighted by molar-refractivity contribution is 0.385. The molecule has 0 atom stereocenters. The summed E-state index contributed by atoms with van der Waals surface area (Å²) in [6.07, 6.45) is 3.43. The van der Waals surface area contributed by atoms with E-state index >= 15 is 0 Å². The molecule has 0 fully saturated rings. The van der Waals surface area contributed by atoms with Gasteiger partial charge in [0.15, 0.2) is 17.5 Å². The van der Waals surface area contributed by atoms with Crippen LogP contribution in [0.1, 0.15) is 23.9 Å². The smallest absolute Gasteiger partial charge is 0.194 e. The topological polar surface area (TPSA) is 67.6 Å². The van der Waals surface area contributed by atoms with Gasteiger partial charge in [-0.1, -0.05) is 43.3 Å². The first kappa shape index (κ1) is 23.2. The SMILES string of the molecule is CCc1nncn1CCNC(=NCCc1ccccc1)N(C)Cc1ccc(OC)c(F)c1. The molecular formula is C24H31FN6O. The fraction of sp³-hybridized carbons (Fsp3) is 0.375. The summed E-state index contributed by atoms with van der Waals surface area (Å²) in [7, 11) is 3.41. The number of nitrogens with one attached hydrogen (secondary N) is 1. The Bertz CT molecular complexity index is 1000. The van der Waals surface area contributed by atoms with Crippen LogP contribution in [0.25, 0.3) is 0 Å². The highest BCUT2D eigenvalue weighted by atomic mass is 19.1. The van der Waals surface area contributed by atoms with Crippen molar-refractivity contribution in [3.8, 4) is 5.75 Å². The fourth-order valence-corrected chi connectivity index (χ4v) is 3.43. The summed E-state index contributed by atoms with van der Waals surface area (Å²) in [5, 5.41) is 11.5. The van der Waals surface area contributed by atoms with Gasteiger partial charge < -0.3 is 19.5 Å². The Kier molecular flexibility index (Phi) is 8.60. The second-order valence-electron chi connectivity index (χ2n) is 7.49. The van der Waals surface area contributed by atoms with Crippen LogP contribution < -0.4 is 10.1 Å². The monoisotopic (exact) mass is 438 g/mol. The maximum absolute atomic E-state index is 14.1. The van der Waals surface area contributed by atoms with E-state index in [4.69, 9.17) is 9.73 Å². The molecule has 7 nitrogen and oxygen atoms in total. The van der Waals surface area contributed by atoms with Crippen molar-refractivity contribution in [1.29, 1.82) is 0 Å². The Labute approximate surface area is 189 Å². The fourth-order valence-electron chi connectivity index (χ4n) is 3.43. The maximum atomic E-state index is 14.1. The highest BCUT2D eigenvalue weighted by Crippen LogP contribution is 2.18. The van der Waals surface area contributed by atoms with Crippen LogP contribution in [0.4, 0.5) is 4.39 Å². The van der Waals surface area contributed by atoms with Gasteiger partial charge in [-0.25, -0.2) is 4.39 Å². The molecule has 0 aliphatic heterocycles. The highest BCUT2D eigenvalue weighted by Gasteiger charge is 2.10. The Balaban J connectivity index is 1.66. The quantitative estimate of drug-likeness (QED) is 0.389. The molecule has 0 aliphatic carbocycles. The largest absolute Gasteiger partial charge is 0.494 e. The molecule has 0 spiro atoms. The highest BCUT2D eigenvalue weighted by molar-refractivity contribution is 5.79. The van der Waals surface area contributed by atoms with Crippen molar-refractivity contribution in [3.05, 3.63) is 77.6 Å². The number of halogens is 1. The van der Waals surface area contributed by atoms with Crippen LogP contribution in [0.2, 0.25) is 0 Å². The van der Waals surface area contributed by atoms with Gasteiger partial charge in [0.05, 0.1) is 7.11 Å². The Morgan fingerprint density at radius 1 is 1.19 bits per heavy atom. The third-order valence-electron chi connectivity index (χ3n) is 5.15. The van der Waals surface area contributed by atoms with Gasteiger partial charge in [-0.3, -0.25) is 4.99 Å². The van der Waals surface area contributed by atoms with Crippen molar-refractivity contribution < 1.29 is 9.13 Å². The first-order valence-corrected chi connectivity index (χ1v) is 10.8. The number of benzene rings is 2. The van der Waals surface area contributed by atoms with E-state index in [0.717, 1.165) is 36.7 Å².